The number of carbonyl (C=O) groups is 2. The molecule has 0 spiro atoms. The van der Waals surface area contributed by atoms with Crippen molar-refractivity contribution in [3.63, 3.8) is 0 Å². The van der Waals surface area contributed by atoms with Crippen LogP contribution in [0.15, 0.2) is 18.2 Å². The van der Waals surface area contributed by atoms with Crippen LogP contribution in [-0.2, 0) is 4.74 Å². The monoisotopic (exact) mass is 337 g/mol. The third-order valence-corrected chi connectivity index (χ3v) is 4.69. The Labute approximate surface area is 141 Å². The van der Waals surface area contributed by atoms with Gasteiger partial charge < -0.3 is 15.2 Å². The predicted octanol–water partition coefficient (Wildman–Crippen LogP) is 3.24. The third-order valence-electron chi connectivity index (χ3n) is 4.69. The third kappa shape index (κ3) is 4.32. The summed E-state index contributed by atoms with van der Waals surface area (Å²) in [6.07, 6.45) is 3.56. The van der Waals surface area contributed by atoms with Crippen LogP contribution in [0, 0.1) is 11.7 Å². The zero-order valence-electron chi connectivity index (χ0n) is 14.0. The molecule has 24 heavy (non-hydrogen) atoms. The van der Waals surface area contributed by atoms with E-state index in [1.807, 2.05) is 0 Å². The molecule has 0 saturated carbocycles. The van der Waals surface area contributed by atoms with Gasteiger partial charge in [-0.25, -0.2) is 9.18 Å². The summed E-state index contributed by atoms with van der Waals surface area (Å²) in [6.45, 7) is 4.82. The van der Waals surface area contributed by atoms with Gasteiger partial charge in [-0.3, -0.25) is 4.79 Å². The first-order valence-electron chi connectivity index (χ1n) is 8.41. The Morgan fingerprint density at radius 3 is 2.67 bits per heavy atom. The minimum absolute atomic E-state index is 0.0598. The fourth-order valence-electron chi connectivity index (χ4n) is 3.20. The molecule has 132 valence electrons. The van der Waals surface area contributed by atoms with Crippen LogP contribution in [0.2, 0.25) is 0 Å². The number of amides is 1. The van der Waals surface area contributed by atoms with E-state index in [0.717, 1.165) is 18.9 Å². The summed E-state index contributed by atoms with van der Waals surface area (Å²) in [6, 6.07) is 3.26. The normalized spacial score (nSPS) is 20.8. The summed E-state index contributed by atoms with van der Waals surface area (Å²) < 4.78 is 19.8. The minimum atomic E-state index is -1.22. The van der Waals surface area contributed by atoms with E-state index in [0.29, 0.717) is 25.4 Å². The van der Waals surface area contributed by atoms with Gasteiger partial charge in [0.1, 0.15) is 5.82 Å². The highest BCUT2D eigenvalue weighted by Gasteiger charge is 2.29. The molecule has 1 heterocycles. The van der Waals surface area contributed by atoms with E-state index >= 15 is 0 Å². The molecule has 1 aromatic carbocycles. The lowest BCUT2D eigenvalue weighted by Crippen LogP contribution is -2.44. The van der Waals surface area contributed by atoms with E-state index in [2.05, 4.69) is 19.2 Å². The number of benzene rings is 1. The first kappa shape index (κ1) is 18.4. The van der Waals surface area contributed by atoms with E-state index in [9.17, 15) is 14.0 Å². The van der Waals surface area contributed by atoms with Crippen LogP contribution in [0.5, 0.6) is 0 Å². The second kappa shape index (κ2) is 8.24. The topological polar surface area (TPSA) is 75.6 Å². The second-order valence-electron chi connectivity index (χ2n) is 6.18. The van der Waals surface area contributed by atoms with Crippen molar-refractivity contribution in [1.29, 1.82) is 0 Å². The summed E-state index contributed by atoms with van der Waals surface area (Å²) in [5.74, 6) is -2.11. The Morgan fingerprint density at radius 2 is 2.08 bits per heavy atom. The molecule has 0 bridgehead atoms. The average molecular weight is 337 g/mol. The fourth-order valence-corrected chi connectivity index (χ4v) is 3.20. The van der Waals surface area contributed by atoms with Crippen molar-refractivity contribution < 1.29 is 23.8 Å². The van der Waals surface area contributed by atoms with Gasteiger partial charge in [-0.05, 0) is 37.0 Å². The average Bonchev–Trinajstić information content (AvgIpc) is 2.56. The Balaban J connectivity index is 2.02. The largest absolute Gasteiger partial charge is 0.478 e. The van der Waals surface area contributed by atoms with Gasteiger partial charge in [0, 0.05) is 12.6 Å². The van der Waals surface area contributed by atoms with E-state index < -0.39 is 17.7 Å². The number of hydrogen-bond acceptors (Lipinski definition) is 3. The zero-order valence-corrected chi connectivity index (χ0v) is 14.0. The van der Waals surface area contributed by atoms with Crippen molar-refractivity contribution in [2.24, 2.45) is 5.92 Å². The fraction of sp³-hybridized carbons (Fsp3) is 0.556. The summed E-state index contributed by atoms with van der Waals surface area (Å²) >= 11 is 0. The van der Waals surface area contributed by atoms with Crippen molar-refractivity contribution in [3.8, 4) is 0 Å². The Kier molecular flexibility index (Phi) is 6.31. The van der Waals surface area contributed by atoms with Crippen molar-refractivity contribution >= 4 is 11.9 Å². The highest BCUT2D eigenvalue weighted by atomic mass is 19.1. The predicted molar refractivity (Wildman–Crippen MR) is 87.7 cm³/mol. The SMILES string of the molecule is CCC(CC)C1CC(NC(=O)c2ccc(C(=O)O)cc2F)CCO1. The maximum atomic E-state index is 14.0. The number of rotatable bonds is 6. The Morgan fingerprint density at radius 1 is 1.38 bits per heavy atom. The molecule has 2 atom stereocenters. The van der Waals surface area contributed by atoms with Crippen LogP contribution in [-0.4, -0.2) is 35.7 Å². The molecule has 0 radical (unpaired) electrons. The number of nitrogens with one attached hydrogen (secondary N) is 1. The van der Waals surface area contributed by atoms with Crippen molar-refractivity contribution in [1.82, 2.24) is 5.32 Å². The molecule has 1 amide bonds. The van der Waals surface area contributed by atoms with Gasteiger partial charge in [0.15, 0.2) is 0 Å². The van der Waals surface area contributed by atoms with Crippen molar-refractivity contribution in [2.45, 2.75) is 51.7 Å². The molecule has 0 aliphatic carbocycles. The highest BCUT2D eigenvalue weighted by Crippen LogP contribution is 2.25. The van der Waals surface area contributed by atoms with Gasteiger partial charge in [-0.1, -0.05) is 26.7 Å². The number of hydrogen-bond donors (Lipinski definition) is 2. The van der Waals surface area contributed by atoms with Crippen LogP contribution in [0.1, 0.15) is 60.2 Å². The first-order chi connectivity index (χ1) is 11.5. The van der Waals surface area contributed by atoms with Crippen LogP contribution in [0.25, 0.3) is 0 Å². The standard InChI is InChI=1S/C18H24FNO4/c1-3-11(4-2)16-10-13(7-8-24-16)20-17(21)14-6-5-12(18(22)23)9-15(14)19/h5-6,9,11,13,16H,3-4,7-8,10H2,1-2H3,(H,20,21)(H,22,23). The molecule has 1 aromatic rings. The lowest BCUT2D eigenvalue weighted by molar-refractivity contribution is -0.0337. The Hall–Kier alpha value is -1.95. The molecule has 0 aromatic heterocycles. The zero-order chi connectivity index (χ0) is 17.7. The number of aromatic carboxylic acids is 1. The summed E-state index contributed by atoms with van der Waals surface area (Å²) in [5, 5.41) is 11.7. The molecule has 1 fully saturated rings. The van der Waals surface area contributed by atoms with Gasteiger partial charge in [-0.15, -0.1) is 0 Å². The molecule has 5 nitrogen and oxygen atoms in total. The summed E-state index contributed by atoms with van der Waals surface area (Å²) in [5.41, 5.74) is -0.311. The van der Waals surface area contributed by atoms with Gasteiger partial charge in [0.05, 0.1) is 17.2 Å². The maximum Gasteiger partial charge on any atom is 0.335 e. The lowest BCUT2D eigenvalue weighted by Gasteiger charge is -2.34. The van der Waals surface area contributed by atoms with E-state index in [4.69, 9.17) is 9.84 Å². The molecule has 1 aliphatic rings. The molecule has 2 N–H and O–H groups in total. The van der Waals surface area contributed by atoms with E-state index in [1.165, 1.54) is 12.1 Å². The van der Waals surface area contributed by atoms with Gasteiger partial charge in [0.25, 0.3) is 5.91 Å². The number of carboxylic acids is 1. The minimum Gasteiger partial charge on any atom is -0.478 e. The molecular formula is C18H24FNO4. The summed E-state index contributed by atoms with van der Waals surface area (Å²) in [4.78, 5) is 23.1. The van der Waals surface area contributed by atoms with Gasteiger partial charge >= 0.3 is 5.97 Å². The van der Waals surface area contributed by atoms with Gasteiger partial charge in [-0.2, -0.15) is 0 Å². The first-order valence-corrected chi connectivity index (χ1v) is 8.41. The van der Waals surface area contributed by atoms with Crippen LogP contribution in [0.4, 0.5) is 4.39 Å². The number of carboxylic acid groups (broad SMARTS) is 1. The van der Waals surface area contributed by atoms with Crippen LogP contribution >= 0.6 is 0 Å². The smallest absolute Gasteiger partial charge is 0.335 e. The number of carbonyl (C=O) groups excluding carboxylic acids is 1. The summed E-state index contributed by atoms with van der Waals surface area (Å²) in [7, 11) is 0. The molecule has 2 unspecified atom stereocenters. The molecule has 1 aliphatic heterocycles. The van der Waals surface area contributed by atoms with Gasteiger partial charge in [0.2, 0.25) is 0 Å². The van der Waals surface area contributed by atoms with E-state index in [-0.39, 0.29) is 23.3 Å². The number of halogens is 1. The lowest BCUT2D eigenvalue weighted by atomic mass is 9.89. The van der Waals surface area contributed by atoms with Crippen LogP contribution < -0.4 is 5.32 Å². The van der Waals surface area contributed by atoms with E-state index in [1.54, 1.807) is 0 Å². The number of ether oxygens (including phenoxy) is 1. The Bertz CT molecular complexity index is 601. The maximum absolute atomic E-state index is 14.0. The molecular weight excluding hydrogens is 313 g/mol. The molecule has 2 rings (SSSR count). The molecule has 1 saturated heterocycles. The van der Waals surface area contributed by atoms with Crippen molar-refractivity contribution in [3.05, 3.63) is 35.1 Å². The quantitative estimate of drug-likeness (QED) is 0.835. The molecule has 6 heteroatoms. The second-order valence-corrected chi connectivity index (χ2v) is 6.18. The van der Waals surface area contributed by atoms with Crippen molar-refractivity contribution in [2.75, 3.05) is 6.61 Å². The van der Waals surface area contributed by atoms with Crippen LogP contribution in [0.3, 0.4) is 0 Å². The highest BCUT2D eigenvalue weighted by molar-refractivity contribution is 5.96.